The molecule has 0 bridgehead atoms. The number of aromatic nitrogens is 1. The van der Waals surface area contributed by atoms with Crippen LogP contribution in [0.2, 0.25) is 0 Å². The number of nitrogens with two attached hydrogens (primary N) is 1. The Bertz CT molecular complexity index is 498. The van der Waals surface area contributed by atoms with Gasteiger partial charge < -0.3 is 15.8 Å². The molecule has 2 fully saturated rings. The summed E-state index contributed by atoms with van der Waals surface area (Å²) in [6, 6.07) is 3.67. The van der Waals surface area contributed by atoms with Crippen molar-refractivity contribution in [3.8, 4) is 0 Å². The molecule has 108 valence electrons. The van der Waals surface area contributed by atoms with E-state index in [0.717, 1.165) is 24.5 Å². The van der Waals surface area contributed by atoms with E-state index in [1.54, 1.807) is 12.3 Å². The van der Waals surface area contributed by atoms with Crippen molar-refractivity contribution in [2.24, 2.45) is 16.3 Å². The van der Waals surface area contributed by atoms with Crippen LogP contribution in [0.25, 0.3) is 0 Å². The molecule has 3 N–H and O–H groups in total. The fourth-order valence-corrected chi connectivity index (χ4v) is 3.64. The average Bonchev–Trinajstić information content (AvgIpc) is 2.95. The highest BCUT2D eigenvalue weighted by atomic mass is 16.4. The van der Waals surface area contributed by atoms with Crippen LogP contribution in [-0.4, -0.2) is 29.1 Å². The van der Waals surface area contributed by atoms with Crippen LogP contribution in [0.15, 0.2) is 23.5 Å². The van der Waals surface area contributed by atoms with Gasteiger partial charge in [-0.05, 0) is 43.2 Å². The maximum absolute atomic E-state index is 8.76. The molecule has 0 amide bonds. The summed E-state index contributed by atoms with van der Waals surface area (Å²) in [4.78, 5) is 6.75. The summed E-state index contributed by atoms with van der Waals surface area (Å²) >= 11 is 0. The standard InChI is InChI=1S/C15H22N4O/c16-14(18-20)12-3-8-17-13(11-12)19-9-6-15(7-10-19)4-1-2-5-15/h3,8,11,20H,1-2,4-7,9-10H2,(H2,16,18). The fraction of sp³-hybridized carbons (Fsp3) is 0.600. The van der Waals surface area contributed by atoms with Gasteiger partial charge in [-0.3, -0.25) is 0 Å². The molecular weight excluding hydrogens is 252 g/mol. The van der Waals surface area contributed by atoms with Gasteiger partial charge in [-0.15, -0.1) is 0 Å². The first-order valence-corrected chi connectivity index (χ1v) is 7.41. The van der Waals surface area contributed by atoms with Crippen LogP contribution >= 0.6 is 0 Å². The molecule has 1 aromatic rings. The normalized spacial score (nSPS) is 22.4. The van der Waals surface area contributed by atoms with E-state index < -0.39 is 0 Å². The molecule has 1 spiro atoms. The van der Waals surface area contributed by atoms with Crippen molar-refractivity contribution in [3.05, 3.63) is 23.9 Å². The molecule has 1 aliphatic heterocycles. The van der Waals surface area contributed by atoms with Gasteiger partial charge in [-0.25, -0.2) is 4.98 Å². The molecule has 20 heavy (non-hydrogen) atoms. The summed E-state index contributed by atoms with van der Waals surface area (Å²) in [5.41, 5.74) is 6.97. The third kappa shape index (κ3) is 2.44. The third-order valence-corrected chi connectivity index (χ3v) is 4.96. The van der Waals surface area contributed by atoms with Gasteiger partial charge in [-0.2, -0.15) is 0 Å². The van der Waals surface area contributed by atoms with Crippen molar-refractivity contribution in [1.29, 1.82) is 0 Å². The van der Waals surface area contributed by atoms with Gasteiger partial charge in [0.05, 0.1) is 0 Å². The van der Waals surface area contributed by atoms with Crippen LogP contribution in [0, 0.1) is 5.41 Å². The second kappa shape index (κ2) is 5.31. The molecule has 3 rings (SSSR count). The highest BCUT2D eigenvalue weighted by Crippen LogP contribution is 2.46. The molecular formula is C15H22N4O. The molecule has 1 aromatic heterocycles. The molecule has 1 aliphatic carbocycles. The summed E-state index contributed by atoms with van der Waals surface area (Å²) in [5, 5.41) is 11.8. The van der Waals surface area contributed by atoms with Crippen molar-refractivity contribution in [1.82, 2.24) is 4.98 Å². The number of hydrogen-bond donors (Lipinski definition) is 2. The van der Waals surface area contributed by atoms with Gasteiger partial charge in [0.1, 0.15) is 5.82 Å². The van der Waals surface area contributed by atoms with Crippen LogP contribution in [-0.2, 0) is 0 Å². The molecule has 2 heterocycles. The minimum absolute atomic E-state index is 0.137. The van der Waals surface area contributed by atoms with Crippen molar-refractivity contribution in [2.75, 3.05) is 18.0 Å². The van der Waals surface area contributed by atoms with E-state index in [1.165, 1.54) is 38.5 Å². The lowest BCUT2D eigenvalue weighted by Crippen LogP contribution is -2.39. The molecule has 1 saturated carbocycles. The Hall–Kier alpha value is -1.78. The number of anilines is 1. The quantitative estimate of drug-likeness (QED) is 0.376. The highest BCUT2D eigenvalue weighted by molar-refractivity contribution is 5.97. The number of nitrogens with zero attached hydrogens (tertiary/aromatic N) is 3. The molecule has 2 aliphatic rings. The number of rotatable bonds is 2. The minimum atomic E-state index is 0.137. The van der Waals surface area contributed by atoms with E-state index in [0.29, 0.717) is 5.41 Å². The number of hydrogen-bond acceptors (Lipinski definition) is 4. The first kappa shape index (κ1) is 13.2. The summed E-state index contributed by atoms with van der Waals surface area (Å²) in [5.74, 6) is 1.07. The first-order valence-electron chi connectivity index (χ1n) is 7.41. The maximum atomic E-state index is 8.76. The summed E-state index contributed by atoms with van der Waals surface area (Å²) < 4.78 is 0. The lowest BCUT2D eigenvalue weighted by atomic mass is 9.77. The van der Waals surface area contributed by atoms with Crippen LogP contribution in [0.1, 0.15) is 44.1 Å². The second-order valence-electron chi connectivity index (χ2n) is 6.08. The SMILES string of the molecule is NC(=NO)c1ccnc(N2CCC3(CCCC3)CC2)c1. The summed E-state index contributed by atoms with van der Waals surface area (Å²) in [7, 11) is 0. The van der Waals surface area contributed by atoms with Gasteiger partial charge in [-0.1, -0.05) is 18.0 Å². The van der Waals surface area contributed by atoms with Gasteiger partial charge in [0.2, 0.25) is 0 Å². The van der Waals surface area contributed by atoms with E-state index in [-0.39, 0.29) is 5.84 Å². The largest absolute Gasteiger partial charge is 0.409 e. The average molecular weight is 274 g/mol. The first-order chi connectivity index (χ1) is 9.72. The Labute approximate surface area is 119 Å². The summed E-state index contributed by atoms with van der Waals surface area (Å²) in [6.45, 7) is 2.12. The predicted molar refractivity (Wildman–Crippen MR) is 79.1 cm³/mol. The second-order valence-corrected chi connectivity index (χ2v) is 6.08. The monoisotopic (exact) mass is 274 g/mol. The molecule has 5 nitrogen and oxygen atoms in total. The van der Waals surface area contributed by atoms with Gasteiger partial charge in [0.25, 0.3) is 0 Å². The Morgan fingerprint density at radius 1 is 1.25 bits per heavy atom. The van der Waals surface area contributed by atoms with E-state index >= 15 is 0 Å². The predicted octanol–water partition coefficient (Wildman–Crippen LogP) is 2.34. The molecule has 0 aromatic carbocycles. The van der Waals surface area contributed by atoms with Gasteiger partial charge in [0, 0.05) is 24.8 Å². The van der Waals surface area contributed by atoms with E-state index in [9.17, 15) is 0 Å². The Morgan fingerprint density at radius 3 is 2.60 bits per heavy atom. The molecule has 5 heteroatoms. The topological polar surface area (TPSA) is 74.7 Å². The van der Waals surface area contributed by atoms with Crippen molar-refractivity contribution in [3.63, 3.8) is 0 Å². The van der Waals surface area contributed by atoms with E-state index in [4.69, 9.17) is 10.9 Å². The fourth-order valence-electron chi connectivity index (χ4n) is 3.64. The Morgan fingerprint density at radius 2 is 1.95 bits per heavy atom. The third-order valence-electron chi connectivity index (χ3n) is 4.96. The van der Waals surface area contributed by atoms with Crippen molar-refractivity contribution >= 4 is 11.7 Å². The smallest absolute Gasteiger partial charge is 0.170 e. The lowest BCUT2D eigenvalue weighted by molar-refractivity contribution is 0.226. The molecule has 0 atom stereocenters. The Balaban J connectivity index is 1.71. The minimum Gasteiger partial charge on any atom is -0.409 e. The lowest BCUT2D eigenvalue weighted by Gasteiger charge is -2.40. The maximum Gasteiger partial charge on any atom is 0.170 e. The van der Waals surface area contributed by atoms with Crippen molar-refractivity contribution in [2.45, 2.75) is 38.5 Å². The molecule has 1 saturated heterocycles. The number of piperidine rings is 1. The summed E-state index contributed by atoms with van der Waals surface area (Å²) in [6.07, 6.45) is 9.86. The van der Waals surface area contributed by atoms with Gasteiger partial charge >= 0.3 is 0 Å². The zero-order valence-corrected chi connectivity index (χ0v) is 11.8. The van der Waals surface area contributed by atoms with Crippen LogP contribution in [0.5, 0.6) is 0 Å². The highest BCUT2D eigenvalue weighted by Gasteiger charge is 2.37. The molecule has 0 unspecified atom stereocenters. The Kier molecular flexibility index (Phi) is 3.51. The van der Waals surface area contributed by atoms with Gasteiger partial charge in [0.15, 0.2) is 5.84 Å². The molecule has 0 radical (unpaired) electrons. The van der Waals surface area contributed by atoms with Crippen LogP contribution in [0.3, 0.4) is 0 Å². The van der Waals surface area contributed by atoms with Crippen LogP contribution in [0.4, 0.5) is 5.82 Å². The number of pyridine rings is 1. The zero-order valence-electron chi connectivity index (χ0n) is 11.8. The zero-order chi connectivity index (χ0) is 14.0. The van der Waals surface area contributed by atoms with Crippen molar-refractivity contribution < 1.29 is 5.21 Å². The number of oxime groups is 1. The van der Waals surface area contributed by atoms with Crippen LogP contribution < -0.4 is 10.6 Å². The van der Waals surface area contributed by atoms with E-state index in [1.807, 2.05) is 6.07 Å². The van der Waals surface area contributed by atoms with E-state index in [2.05, 4.69) is 15.0 Å². The number of amidine groups is 1.